The lowest BCUT2D eigenvalue weighted by molar-refractivity contribution is -0.0227. The number of nitrogens with two attached hydrogens (primary N) is 1. The lowest BCUT2D eigenvalue weighted by Crippen LogP contribution is -2.32. The second-order valence-corrected chi connectivity index (χ2v) is 3.82. The molecular formula is C9H13N3O5. The predicted molar refractivity (Wildman–Crippen MR) is 56.0 cm³/mol. The molecule has 94 valence electrons. The first-order valence-corrected chi connectivity index (χ1v) is 5.01. The molecule has 0 spiro atoms. The van der Waals surface area contributed by atoms with Gasteiger partial charge < -0.3 is 25.8 Å². The van der Waals surface area contributed by atoms with Crippen molar-refractivity contribution in [3.05, 3.63) is 22.2 Å². The van der Waals surface area contributed by atoms with Crippen LogP contribution in [0, 0.1) is 0 Å². The van der Waals surface area contributed by atoms with Crippen LogP contribution in [-0.4, -0.2) is 50.2 Å². The normalized spacial score (nSPS) is 32.9. The Balaban J connectivity index is 2.32. The Labute approximate surface area is 95.7 Å². The molecule has 2 rings (SSSR count). The van der Waals surface area contributed by atoms with Crippen molar-refractivity contribution in [3.63, 3.8) is 0 Å². The van der Waals surface area contributed by atoms with Crippen LogP contribution in [0.4, 0.5) is 5.82 Å². The Bertz CT molecular complexity index is 462. The van der Waals surface area contributed by atoms with E-state index in [9.17, 15) is 15.0 Å². The first kappa shape index (κ1) is 12.0. The van der Waals surface area contributed by atoms with E-state index in [4.69, 9.17) is 15.6 Å². The highest BCUT2D eigenvalue weighted by molar-refractivity contribution is 5.39. The number of aromatic amines is 1. The average Bonchev–Trinajstić information content (AvgIpc) is 2.57. The first-order chi connectivity index (χ1) is 8.04. The molecule has 8 nitrogen and oxygen atoms in total. The van der Waals surface area contributed by atoms with Crippen LogP contribution < -0.4 is 11.4 Å². The number of H-pyrrole nitrogens is 1. The monoisotopic (exact) mass is 243 g/mol. The van der Waals surface area contributed by atoms with Crippen molar-refractivity contribution in [2.75, 3.05) is 12.3 Å². The maximum Gasteiger partial charge on any atom is 0.346 e. The fraction of sp³-hybridized carbons (Fsp3) is 0.556. The minimum Gasteiger partial charge on any atom is -0.394 e. The lowest BCUT2D eigenvalue weighted by Gasteiger charge is -2.15. The molecule has 17 heavy (non-hydrogen) atoms. The van der Waals surface area contributed by atoms with Crippen LogP contribution in [0.15, 0.2) is 11.0 Å². The van der Waals surface area contributed by atoms with E-state index in [0.29, 0.717) is 0 Å². The van der Waals surface area contributed by atoms with E-state index in [1.165, 1.54) is 6.20 Å². The Morgan fingerprint density at radius 3 is 2.71 bits per heavy atom. The summed E-state index contributed by atoms with van der Waals surface area (Å²) in [7, 11) is 0. The highest BCUT2D eigenvalue weighted by atomic mass is 16.6. The van der Waals surface area contributed by atoms with Gasteiger partial charge in [0.25, 0.3) is 0 Å². The molecule has 0 bridgehead atoms. The Hall–Kier alpha value is -1.48. The molecule has 1 aliphatic rings. The fourth-order valence-corrected chi connectivity index (χ4v) is 1.80. The number of hydrogen-bond acceptors (Lipinski definition) is 7. The highest BCUT2D eigenvalue weighted by Gasteiger charge is 2.43. The zero-order chi connectivity index (χ0) is 12.6. The Kier molecular flexibility index (Phi) is 3.11. The van der Waals surface area contributed by atoms with Gasteiger partial charge in [-0.05, 0) is 0 Å². The summed E-state index contributed by atoms with van der Waals surface area (Å²) in [6.45, 7) is -0.425. The summed E-state index contributed by atoms with van der Waals surface area (Å²) in [5, 5.41) is 28.2. The number of anilines is 1. The van der Waals surface area contributed by atoms with Gasteiger partial charge in [0.15, 0.2) is 0 Å². The molecule has 0 aromatic carbocycles. The molecule has 1 aliphatic heterocycles. The molecule has 1 aromatic rings. The third-order valence-electron chi connectivity index (χ3n) is 2.72. The van der Waals surface area contributed by atoms with Crippen LogP contribution in [0.5, 0.6) is 0 Å². The standard InChI is InChI=1S/C9H13N3O5/c10-8-3(1-11-9(16)12-8)7-6(15)5(14)4(2-13)17-7/h1,4-7,13-15H,2H2,(H3,10,11,12,16)/t4-,5-,6-,7+/m1/s1. The molecule has 0 unspecified atom stereocenters. The van der Waals surface area contributed by atoms with Crippen molar-refractivity contribution in [1.29, 1.82) is 0 Å². The molecule has 6 N–H and O–H groups in total. The summed E-state index contributed by atoms with van der Waals surface area (Å²) in [6.07, 6.45) is -3.08. The van der Waals surface area contributed by atoms with Gasteiger partial charge in [0, 0.05) is 11.8 Å². The van der Waals surface area contributed by atoms with E-state index in [-0.39, 0.29) is 11.4 Å². The number of ether oxygens (including phenoxy) is 1. The van der Waals surface area contributed by atoms with Gasteiger partial charge in [0.2, 0.25) is 0 Å². The van der Waals surface area contributed by atoms with Crippen LogP contribution in [0.2, 0.25) is 0 Å². The molecule has 2 heterocycles. The minimum atomic E-state index is -1.23. The number of hydrogen-bond donors (Lipinski definition) is 5. The maximum absolute atomic E-state index is 10.9. The number of nitrogen functional groups attached to an aromatic ring is 1. The molecule has 4 atom stereocenters. The van der Waals surface area contributed by atoms with Gasteiger partial charge in [0.05, 0.1) is 6.61 Å². The number of aromatic nitrogens is 2. The highest BCUT2D eigenvalue weighted by Crippen LogP contribution is 2.34. The van der Waals surface area contributed by atoms with Gasteiger partial charge in [0.1, 0.15) is 30.2 Å². The van der Waals surface area contributed by atoms with Crippen LogP contribution in [0.3, 0.4) is 0 Å². The number of nitrogens with one attached hydrogen (secondary N) is 1. The Morgan fingerprint density at radius 1 is 1.47 bits per heavy atom. The zero-order valence-electron chi connectivity index (χ0n) is 8.78. The molecule has 0 amide bonds. The molecule has 0 saturated carbocycles. The van der Waals surface area contributed by atoms with Crippen LogP contribution in [0.1, 0.15) is 11.7 Å². The van der Waals surface area contributed by atoms with E-state index in [0.717, 1.165) is 0 Å². The third kappa shape index (κ3) is 2.03. The van der Waals surface area contributed by atoms with Gasteiger partial charge in [-0.25, -0.2) is 9.78 Å². The van der Waals surface area contributed by atoms with Crippen LogP contribution >= 0.6 is 0 Å². The van der Waals surface area contributed by atoms with E-state index in [1.54, 1.807) is 0 Å². The van der Waals surface area contributed by atoms with Gasteiger partial charge >= 0.3 is 5.69 Å². The van der Waals surface area contributed by atoms with Crippen molar-refractivity contribution in [1.82, 2.24) is 9.97 Å². The topological polar surface area (TPSA) is 142 Å². The van der Waals surface area contributed by atoms with Crippen molar-refractivity contribution in [3.8, 4) is 0 Å². The van der Waals surface area contributed by atoms with Crippen molar-refractivity contribution in [2.45, 2.75) is 24.4 Å². The van der Waals surface area contributed by atoms with Crippen molar-refractivity contribution < 1.29 is 20.1 Å². The number of aliphatic hydroxyl groups is 3. The van der Waals surface area contributed by atoms with Crippen molar-refractivity contribution in [2.24, 2.45) is 0 Å². The van der Waals surface area contributed by atoms with E-state index < -0.39 is 36.7 Å². The fourth-order valence-electron chi connectivity index (χ4n) is 1.80. The van der Waals surface area contributed by atoms with Gasteiger partial charge in [-0.3, -0.25) is 4.98 Å². The maximum atomic E-state index is 10.9. The van der Waals surface area contributed by atoms with Gasteiger partial charge in [-0.2, -0.15) is 0 Å². The van der Waals surface area contributed by atoms with Crippen LogP contribution in [-0.2, 0) is 4.74 Å². The second-order valence-electron chi connectivity index (χ2n) is 3.82. The van der Waals surface area contributed by atoms with E-state index in [1.807, 2.05) is 0 Å². The summed E-state index contributed by atoms with van der Waals surface area (Å²) in [6, 6.07) is 0. The SMILES string of the molecule is Nc1[nH]c(=O)ncc1[C@@H]1O[C@H](CO)[C@@H](O)[C@H]1O. The number of rotatable bonds is 2. The van der Waals surface area contributed by atoms with E-state index >= 15 is 0 Å². The third-order valence-corrected chi connectivity index (χ3v) is 2.72. The van der Waals surface area contributed by atoms with Crippen molar-refractivity contribution >= 4 is 5.82 Å². The smallest absolute Gasteiger partial charge is 0.346 e. The molecule has 1 aromatic heterocycles. The molecule has 0 radical (unpaired) electrons. The second kappa shape index (κ2) is 4.41. The predicted octanol–water partition coefficient (Wildman–Crippen LogP) is -2.49. The number of nitrogens with zero attached hydrogens (tertiary/aromatic N) is 1. The largest absolute Gasteiger partial charge is 0.394 e. The van der Waals surface area contributed by atoms with Gasteiger partial charge in [-0.1, -0.05) is 0 Å². The number of aliphatic hydroxyl groups excluding tert-OH is 3. The Morgan fingerprint density at radius 2 is 2.18 bits per heavy atom. The van der Waals surface area contributed by atoms with Gasteiger partial charge in [-0.15, -0.1) is 0 Å². The summed E-state index contributed by atoms with van der Waals surface area (Å²) in [5.74, 6) is 0.0137. The summed E-state index contributed by atoms with van der Waals surface area (Å²) in [5.41, 5.74) is 5.22. The molecule has 1 fully saturated rings. The summed E-state index contributed by atoms with van der Waals surface area (Å²) < 4.78 is 5.25. The molecule has 8 heteroatoms. The average molecular weight is 243 g/mol. The van der Waals surface area contributed by atoms with Crippen LogP contribution in [0.25, 0.3) is 0 Å². The zero-order valence-corrected chi connectivity index (χ0v) is 8.78. The first-order valence-electron chi connectivity index (χ1n) is 5.01. The summed E-state index contributed by atoms with van der Waals surface area (Å²) >= 11 is 0. The molecular weight excluding hydrogens is 230 g/mol. The quantitative estimate of drug-likeness (QED) is 0.386. The molecule has 1 saturated heterocycles. The molecule has 0 aliphatic carbocycles. The van der Waals surface area contributed by atoms with E-state index in [2.05, 4.69) is 9.97 Å². The lowest BCUT2D eigenvalue weighted by atomic mass is 10.0. The summed E-state index contributed by atoms with van der Waals surface area (Å²) in [4.78, 5) is 16.6. The minimum absolute atomic E-state index is 0.0137.